The first-order valence-electron chi connectivity index (χ1n) is 5.72. The van der Waals surface area contributed by atoms with E-state index in [1.54, 1.807) is 31.2 Å². The number of benzene rings is 1. The van der Waals surface area contributed by atoms with E-state index in [1.165, 1.54) is 13.1 Å². The largest absolute Gasteiger partial charge is 0.339 e. The van der Waals surface area contributed by atoms with Crippen LogP contribution in [0.4, 0.5) is 11.5 Å². The molecule has 1 aromatic carbocycles. The van der Waals surface area contributed by atoms with E-state index in [2.05, 4.69) is 15.3 Å². The van der Waals surface area contributed by atoms with Crippen LogP contribution < -0.4 is 5.32 Å². The number of nitrogens with one attached hydrogen (secondary N) is 1. The number of anilines is 2. The molecule has 0 saturated carbocycles. The molecule has 0 aliphatic rings. The zero-order valence-corrected chi connectivity index (χ0v) is 10.6. The second-order valence-electron chi connectivity index (χ2n) is 4.05. The molecule has 0 amide bonds. The molecule has 19 heavy (non-hydrogen) atoms. The molecule has 0 spiro atoms. The molecule has 0 radical (unpaired) electrons. The summed E-state index contributed by atoms with van der Waals surface area (Å²) in [6.45, 7) is 3.27. The number of hydrogen-bond acceptors (Lipinski definition) is 5. The standard InChI is InChI=1S/C14H12N4O/c1-9(19)11-3-5-13(6-4-11)18-14-12(7-15)8-16-10(2)17-14/h3-6,8H,1-2H3,(H,16,17,18). The number of nitrogens with zero attached hydrogens (tertiary/aromatic N) is 3. The van der Waals surface area contributed by atoms with Crippen molar-refractivity contribution in [2.45, 2.75) is 13.8 Å². The van der Waals surface area contributed by atoms with Crippen molar-refractivity contribution < 1.29 is 4.79 Å². The Bertz CT molecular complexity index is 656. The zero-order valence-electron chi connectivity index (χ0n) is 10.6. The average molecular weight is 252 g/mol. The number of aromatic nitrogens is 2. The maximum Gasteiger partial charge on any atom is 0.159 e. The summed E-state index contributed by atoms with van der Waals surface area (Å²) in [5.41, 5.74) is 1.78. The number of Topliss-reactive ketones (excluding diaryl/α,β-unsaturated/α-hetero) is 1. The Balaban J connectivity index is 2.28. The number of ketones is 1. The Morgan fingerprint density at radius 2 is 2.00 bits per heavy atom. The predicted molar refractivity (Wildman–Crippen MR) is 71.2 cm³/mol. The van der Waals surface area contributed by atoms with Crippen molar-refractivity contribution in [3.8, 4) is 6.07 Å². The number of carbonyl (C=O) groups is 1. The van der Waals surface area contributed by atoms with E-state index in [4.69, 9.17) is 5.26 Å². The van der Waals surface area contributed by atoms with Crippen molar-refractivity contribution in [2.75, 3.05) is 5.32 Å². The van der Waals surface area contributed by atoms with E-state index < -0.39 is 0 Å². The van der Waals surface area contributed by atoms with E-state index in [0.717, 1.165) is 5.69 Å². The molecule has 5 nitrogen and oxygen atoms in total. The summed E-state index contributed by atoms with van der Waals surface area (Å²) in [6.07, 6.45) is 1.48. The first kappa shape index (κ1) is 12.7. The molecule has 1 aromatic heterocycles. The summed E-state index contributed by atoms with van der Waals surface area (Å²) in [6, 6.07) is 9.03. The van der Waals surface area contributed by atoms with Gasteiger partial charge in [-0.05, 0) is 38.1 Å². The normalized spacial score (nSPS) is 9.74. The minimum absolute atomic E-state index is 0.0159. The molecule has 0 aliphatic carbocycles. The van der Waals surface area contributed by atoms with Crippen molar-refractivity contribution in [1.82, 2.24) is 9.97 Å². The van der Waals surface area contributed by atoms with E-state index in [-0.39, 0.29) is 5.78 Å². The molecule has 0 bridgehead atoms. The van der Waals surface area contributed by atoms with Crippen LogP contribution in [0.1, 0.15) is 28.7 Å². The van der Waals surface area contributed by atoms with Crippen molar-refractivity contribution in [1.29, 1.82) is 5.26 Å². The Kier molecular flexibility index (Phi) is 3.53. The first-order valence-corrected chi connectivity index (χ1v) is 5.72. The summed E-state index contributed by atoms with van der Waals surface area (Å²) in [5.74, 6) is 1.06. The van der Waals surface area contributed by atoms with E-state index >= 15 is 0 Å². The summed E-state index contributed by atoms with van der Waals surface area (Å²) in [7, 11) is 0. The molecular weight excluding hydrogens is 240 g/mol. The fourth-order valence-electron chi connectivity index (χ4n) is 1.57. The van der Waals surface area contributed by atoms with Gasteiger partial charge in [0.05, 0.1) is 6.20 Å². The van der Waals surface area contributed by atoms with Gasteiger partial charge in [-0.15, -0.1) is 0 Å². The van der Waals surface area contributed by atoms with Gasteiger partial charge in [0, 0.05) is 11.3 Å². The topological polar surface area (TPSA) is 78.7 Å². The highest BCUT2D eigenvalue weighted by molar-refractivity contribution is 5.94. The molecule has 2 aromatic rings. The quantitative estimate of drug-likeness (QED) is 0.849. The van der Waals surface area contributed by atoms with Crippen LogP contribution in [0.5, 0.6) is 0 Å². The van der Waals surface area contributed by atoms with Crippen LogP contribution >= 0.6 is 0 Å². The van der Waals surface area contributed by atoms with Gasteiger partial charge >= 0.3 is 0 Å². The second kappa shape index (κ2) is 5.27. The van der Waals surface area contributed by atoms with Gasteiger partial charge in [-0.2, -0.15) is 5.26 Å². The van der Waals surface area contributed by atoms with Gasteiger partial charge in [-0.25, -0.2) is 9.97 Å². The molecule has 0 aliphatic heterocycles. The smallest absolute Gasteiger partial charge is 0.159 e. The van der Waals surface area contributed by atoms with E-state index in [9.17, 15) is 4.79 Å². The van der Waals surface area contributed by atoms with Gasteiger partial charge in [-0.3, -0.25) is 4.79 Å². The summed E-state index contributed by atoms with van der Waals surface area (Å²) < 4.78 is 0. The van der Waals surface area contributed by atoms with Gasteiger partial charge in [0.15, 0.2) is 11.6 Å². The van der Waals surface area contributed by atoms with Crippen molar-refractivity contribution in [3.63, 3.8) is 0 Å². The summed E-state index contributed by atoms with van der Waals surface area (Å²) >= 11 is 0. The maximum absolute atomic E-state index is 11.2. The Morgan fingerprint density at radius 1 is 1.32 bits per heavy atom. The maximum atomic E-state index is 11.2. The lowest BCUT2D eigenvalue weighted by atomic mass is 10.1. The fraction of sp³-hybridized carbons (Fsp3) is 0.143. The Morgan fingerprint density at radius 3 is 2.58 bits per heavy atom. The minimum atomic E-state index is 0.0159. The van der Waals surface area contributed by atoms with Crippen LogP contribution in [-0.4, -0.2) is 15.8 Å². The van der Waals surface area contributed by atoms with Crippen LogP contribution in [0.3, 0.4) is 0 Å². The Hall–Kier alpha value is -2.74. The van der Waals surface area contributed by atoms with Crippen LogP contribution in [-0.2, 0) is 0 Å². The summed E-state index contributed by atoms with van der Waals surface area (Å²) in [4.78, 5) is 19.3. The monoisotopic (exact) mass is 252 g/mol. The third kappa shape index (κ3) is 2.93. The lowest BCUT2D eigenvalue weighted by molar-refractivity contribution is 0.101. The molecule has 0 unspecified atom stereocenters. The van der Waals surface area contributed by atoms with Crippen LogP contribution in [0.25, 0.3) is 0 Å². The predicted octanol–water partition coefficient (Wildman–Crippen LogP) is 2.60. The zero-order chi connectivity index (χ0) is 13.8. The highest BCUT2D eigenvalue weighted by Crippen LogP contribution is 2.18. The molecule has 1 N–H and O–H groups in total. The number of rotatable bonds is 3. The lowest BCUT2D eigenvalue weighted by Crippen LogP contribution is -2.00. The molecule has 5 heteroatoms. The fourth-order valence-corrected chi connectivity index (χ4v) is 1.57. The molecule has 0 fully saturated rings. The molecule has 0 saturated heterocycles. The van der Waals surface area contributed by atoms with Gasteiger partial charge in [0.25, 0.3) is 0 Å². The van der Waals surface area contributed by atoms with Crippen LogP contribution in [0, 0.1) is 18.3 Å². The highest BCUT2D eigenvalue weighted by Gasteiger charge is 2.06. The minimum Gasteiger partial charge on any atom is -0.339 e. The van der Waals surface area contributed by atoms with Crippen LogP contribution in [0.15, 0.2) is 30.5 Å². The van der Waals surface area contributed by atoms with Crippen molar-refractivity contribution >= 4 is 17.3 Å². The highest BCUT2D eigenvalue weighted by atomic mass is 16.1. The molecule has 94 valence electrons. The summed E-state index contributed by atoms with van der Waals surface area (Å²) in [5, 5.41) is 12.0. The molecular formula is C14H12N4O. The number of carbonyl (C=O) groups excluding carboxylic acids is 1. The second-order valence-corrected chi connectivity index (χ2v) is 4.05. The SMILES string of the molecule is CC(=O)c1ccc(Nc2nc(C)ncc2C#N)cc1. The first-order chi connectivity index (χ1) is 9.10. The van der Waals surface area contributed by atoms with E-state index in [0.29, 0.717) is 22.8 Å². The number of nitriles is 1. The Labute approximate surface area is 110 Å². The third-order valence-corrected chi connectivity index (χ3v) is 2.58. The van der Waals surface area contributed by atoms with Crippen LogP contribution in [0.2, 0.25) is 0 Å². The molecule has 1 heterocycles. The lowest BCUT2D eigenvalue weighted by Gasteiger charge is -2.07. The van der Waals surface area contributed by atoms with Gasteiger partial charge in [0.1, 0.15) is 17.5 Å². The van der Waals surface area contributed by atoms with Gasteiger partial charge < -0.3 is 5.32 Å². The number of hydrogen-bond donors (Lipinski definition) is 1. The van der Waals surface area contributed by atoms with E-state index in [1.807, 2.05) is 6.07 Å². The van der Waals surface area contributed by atoms with Gasteiger partial charge in [0.2, 0.25) is 0 Å². The molecule has 0 atom stereocenters. The number of aryl methyl sites for hydroxylation is 1. The average Bonchev–Trinajstić information content (AvgIpc) is 2.39. The third-order valence-electron chi connectivity index (χ3n) is 2.58. The van der Waals surface area contributed by atoms with Crippen molar-refractivity contribution in [2.24, 2.45) is 0 Å². The molecule has 2 rings (SSSR count). The van der Waals surface area contributed by atoms with Gasteiger partial charge in [-0.1, -0.05) is 0 Å². The van der Waals surface area contributed by atoms with Crippen molar-refractivity contribution in [3.05, 3.63) is 47.4 Å².